The van der Waals surface area contributed by atoms with Gasteiger partial charge in [0.15, 0.2) is 0 Å². The molecule has 0 aliphatic carbocycles. The van der Waals surface area contributed by atoms with Gasteiger partial charge in [-0.2, -0.15) is 0 Å². The first kappa shape index (κ1) is 16.3. The van der Waals surface area contributed by atoms with Crippen molar-refractivity contribution in [1.82, 2.24) is 0 Å². The molecule has 104 valence electrons. The molecule has 0 aromatic heterocycles. The number of ether oxygens (including phenoxy) is 1. The topological polar surface area (TPSA) is 110 Å². The lowest BCUT2D eigenvalue weighted by atomic mass is 9.85. The van der Waals surface area contributed by atoms with Gasteiger partial charge in [0.25, 0.3) is 0 Å². The number of hydrogen-bond acceptors (Lipinski definition) is 6. The molecule has 0 rings (SSSR count). The van der Waals surface area contributed by atoms with Gasteiger partial charge in [0, 0.05) is 10.8 Å². The lowest BCUT2D eigenvalue weighted by Crippen LogP contribution is -2.44. The van der Waals surface area contributed by atoms with E-state index in [0.29, 0.717) is 0 Å². The minimum absolute atomic E-state index is 0.0233. The third kappa shape index (κ3) is 5.60. The second-order valence-electron chi connectivity index (χ2n) is 4.45. The molecule has 7 heteroatoms. The maximum Gasteiger partial charge on any atom is 0.315 e. The lowest BCUT2D eigenvalue weighted by Gasteiger charge is -2.24. The molecule has 7 nitrogen and oxygen atoms in total. The molecule has 0 saturated heterocycles. The lowest BCUT2D eigenvalue weighted by molar-refractivity contribution is -0.490. The molecular formula is C11H18NO6-. The molecule has 2 atom stereocenters. The zero-order valence-electron chi connectivity index (χ0n) is 10.8. The average Bonchev–Trinajstić information content (AvgIpc) is 2.14. The van der Waals surface area contributed by atoms with Crippen LogP contribution >= 0.6 is 0 Å². The summed E-state index contributed by atoms with van der Waals surface area (Å²) in [6, 6.07) is 0. The van der Waals surface area contributed by atoms with Crippen LogP contribution in [0.3, 0.4) is 0 Å². The first-order valence-electron chi connectivity index (χ1n) is 5.78. The van der Waals surface area contributed by atoms with Crippen molar-refractivity contribution in [3.63, 3.8) is 0 Å². The van der Waals surface area contributed by atoms with Gasteiger partial charge in [0.2, 0.25) is 6.54 Å². The zero-order valence-corrected chi connectivity index (χ0v) is 10.8. The second kappa shape index (κ2) is 7.62. The van der Waals surface area contributed by atoms with E-state index in [1.165, 1.54) is 6.92 Å². The molecule has 0 spiro atoms. The Bertz CT molecular complexity index is 315. The highest BCUT2D eigenvalue weighted by Crippen LogP contribution is 2.22. The third-order valence-corrected chi connectivity index (χ3v) is 2.42. The number of hydrogen-bond donors (Lipinski definition) is 0. The molecule has 2 unspecified atom stereocenters. The summed E-state index contributed by atoms with van der Waals surface area (Å²) in [5.41, 5.74) is 0. The number of esters is 1. The maximum atomic E-state index is 11.5. The predicted molar refractivity (Wildman–Crippen MR) is 59.9 cm³/mol. The Morgan fingerprint density at radius 2 is 1.89 bits per heavy atom. The molecule has 0 aromatic rings. The molecule has 0 amide bonds. The van der Waals surface area contributed by atoms with Gasteiger partial charge in [-0.3, -0.25) is 14.9 Å². The van der Waals surface area contributed by atoms with Gasteiger partial charge in [-0.15, -0.1) is 0 Å². The standard InChI is InChI=1S/C11H19NO6/c1-4-18-11(15)9(10(13)14)8(5-7(2)3)6-12(16)17/h7-9H,4-6H2,1-3H3,(H,13,14)/p-1. The van der Waals surface area contributed by atoms with Crippen LogP contribution in [0.25, 0.3) is 0 Å². The molecule has 0 fully saturated rings. The van der Waals surface area contributed by atoms with Gasteiger partial charge in [0.1, 0.15) is 5.92 Å². The van der Waals surface area contributed by atoms with E-state index in [9.17, 15) is 24.8 Å². The number of aliphatic carboxylic acids is 1. The highest BCUT2D eigenvalue weighted by molar-refractivity contribution is 5.93. The van der Waals surface area contributed by atoms with Crippen molar-refractivity contribution in [2.75, 3.05) is 13.2 Å². The summed E-state index contributed by atoms with van der Waals surface area (Å²) in [7, 11) is 0. The molecule has 0 radical (unpaired) electrons. The first-order chi connectivity index (χ1) is 8.29. The molecule has 0 heterocycles. The Kier molecular flexibility index (Phi) is 6.92. The number of carboxylic acids is 1. The van der Waals surface area contributed by atoms with E-state index in [-0.39, 0.29) is 18.9 Å². The number of nitrogens with zero attached hydrogens (tertiary/aromatic N) is 1. The van der Waals surface area contributed by atoms with Gasteiger partial charge < -0.3 is 14.6 Å². The normalized spacial score (nSPS) is 14.0. The predicted octanol–water partition coefficient (Wildman–Crippen LogP) is -0.145. The van der Waals surface area contributed by atoms with Crippen LogP contribution in [0, 0.1) is 27.9 Å². The number of carbonyl (C=O) groups is 2. The molecule has 0 N–H and O–H groups in total. The average molecular weight is 260 g/mol. The van der Waals surface area contributed by atoms with Crippen LogP contribution in [0.4, 0.5) is 0 Å². The van der Waals surface area contributed by atoms with Crippen LogP contribution in [-0.4, -0.2) is 30.0 Å². The summed E-state index contributed by atoms with van der Waals surface area (Å²) in [5, 5.41) is 21.5. The Morgan fingerprint density at radius 1 is 1.33 bits per heavy atom. The fourth-order valence-electron chi connectivity index (χ4n) is 1.83. The van der Waals surface area contributed by atoms with Crippen molar-refractivity contribution in [3.8, 4) is 0 Å². The van der Waals surface area contributed by atoms with E-state index in [0.717, 1.165) is 0 Å². The third-order valence-electron chi connectivity index (χ3n) is 2.42. The molecular weight excluding hydrogens is 242 g/mol. The van der Waals surface area contributed by atoms with Crippen LogP contribution in [0.5, 0.6) is 0 Å². The molecule has 0 aromatic carbocycles. The fraction of sp³-hybridized carbons (Fsp3) is 0.818. The molecule has 18 heavy (non-hydrogen) atoms. The monoisotopic (exact) mass is 260 g/mol. The SMILES string of the molecule is CCOC(=O)C(C(=O)[O-])C(CC(C)C)C[N+](=O)[O-]. The van der Waals surface area contributed by atoms with E-state index in [2.05, 4.69) is 4.74 Å². The second-order valence-corrected chi connectivity index (χ2v) is 4.45. The van der Waals surface area contributed by atoms with Gasteiger partial charge in [-0.25, -0.2) is 0 Å². The van der Waals surface area contributed by atoms with Crippen molar-refractivity contribution in [1.29, 1.82) is 0 Å². The summed E-state index contributed by atoms with van der Waals surface area (Å²) in [4.78, 5) is 32.4. The highest BCUT2D eigenvalue weighted by Gasteiger charge is 2.34. The smallest absolute Gasteiger partial charge is 0.315 e. The van der Waals surface area contributed by atoms with Crippen LogP contribution in [0.2, 0.25) is 0 Å². The molecule has 0 saturated carbocycles. The minimum atomic E-state index is -1.62. The van der Waals surface area contributed by atoms with Crippen LogP contribution < -0.4 is 5.11 Å². The van der Waals surface area contributed by atoms with Crippen LogP contribution in [0.1, 0.15) is 27.2 Å². The Morgan fingerprint density at radius 3 is 2.22 bits per heavy atom. The quantitative estimate of drug-likeness (QED) is 0.260. The van der Waals surface area contributed by atoms with Crippen molar-refractivity contribution in [3.05, 3.63) is 10.1 Å². The summed E-state index contributed by atoms with van der Waals surface area (Å²) >= 11 is 0. The number of carboxylic acid groups (broad SMARTS) is 1. The van der Waals surface area contributed by atoms with E-state index >= 15 is 0 Å². The van der Waals surface area contributed by atoms with Crippen molar-refractivity contribution in [2.45, 2.75) is 27.2 Å². The largest absolute Gasteiger partial charge is 0.549 e. The Balaban J connectivity index is 5.01. The molecule has 0 aliphatic rings. The number of rotatable bonds is 8. The van der Waals surface area contributed by atoms with Crippen LogP contribution in [0.15, 0.2) is 0 Å². The Labute approximate surface area is 105 Å². The van der Waals surface area contributed by atoms with Gasteiger partial charge in [0.05, 0.1) is 12.6 Å². The number of carbonyl (C=O) groups excluding carboxylic acids is 2. The molecule has 0 bridgehead atoms. The van der Waals surface area contributed by atoms with Crippen molar-refractivity contribution in [2.24, 2.45) is 17.8 Å². The highest BCUT2D eigenvalue weighted by atomic mass is 16.6. The minimum Gasteiger partial charge on any atom is -0.549 e. The van der Waals surface area contributed by atoms with Crippen LogP contribution in [-0.2, 0) is 14.3 Å². The summed E-state index contributed by atoms with van der Waals surface area (Å²) in [6.45, 7) is 4.56. The van der Waals surface area contributed by atoms with Gasteiger partial charge >= 0.3 is 5.97 Å². The zero-order chi connectivity index (χ0) is 14.3. The van der Waals surface area contributed by atoms with Crippen molar-refractivity contribution >= 4 is 11.9 Å². The summed E-state index contributed by atoms with van der Waals surface area (Å²) in [5.74, 6) is -5.06. The first-order valence-corrected chi connectivity index (χ1v) is 5.78. The molecule has 0 aliphatic heterocycles. The van der Waals surface area contributed by atoms with Gasteiger partial charge in [-0.05, 0) is 19.3 Å². The maximum absolute atomic E-state index is 11.5. The van der Waals surface area contributed by atoms with E-state index < -0.39 is 35.2 Å². The van der Waals surface area contributed by atoms with Gasteiger partial charge in [-0.1, -0.05) is 13.8 Å². The summed E-state index contributed by atoms with van der Waals surface area (Å²) < 4.78 is 4.63. The fourth-order valence-corrected chi connectivity index (χ4v) is 1.83. The van der Waals surface area contributed by atoms with E-state index in [1.807, 2.05) is 0 Å². The summed E-state index contributed by atoms with van der Waals surface area (Å²) in [6.07, 6.45) is 0.248. The van der Waals surface area contributed by atoms with Crippen molar-refractivity contribution < 1.29 is 24.4 Å². The van der Waals surface area contributed by atoms with E-state index in [4.69, 9.17) is 0 Å². The Hall–Kier alpha value is -1.66. The van der Waals surface area contributed by atoms with E-state index in [1.54, 1.807) is 13.8 Å². The number of nitro groups is 1.